The lowest BCUT2D eigenvalue weighted by Gasteiger charge is -2.32. The number of hydrogen-bond donors (Lipinski definition) is 0. The van der Waals surface area contributed by atoms with Gasteiger partial charge in [0.05, 0.1) is 11.2 Å². The van der Waals surface area contributed by atoms with Gasteiger partial charge in [-0.3, -0.25) is 0 Å². The molecule has 3 aromatic carbocycles. The smallest absolute Gasteiger partial charge is 0.399 e. The summed E-state index contributed by atoms with van der Waals surface area (Å²) in [5, 5.41) is 7.45. The van der Waals surface area contributed by atoms with E-state index in [4.69, 9.17) is 9.31 Å². The highest BCUT2D eigenvalue weighted by Crippen LogP contribution is 2.36. The zero-order chi connectivity index (χ0) is 18.0. The molecule has 0 aromatic heterocycles. The summed E-state index contributed by atoms with van der Waals surface area (Å²) in [4.78, 5) is 0. The van der Waals surface area contributed by atoms with E-state index in [9.17, 15) is 0 Å². The van der Waals surface area contributed by atoms with Crippen LogP contribution >= 0.6 is 18.5 Å². The molecule has 1 fully saturated rings. The van der Waals surface area contributed by atoms with Crippen LogP contribution in [0.5, 0.6) is 0 Å². The average Bonchev–Trinajstić information content (AvgIpc) is 2.80. The second-order valence-electron chi connectivity index (χ2n) is 7.77. The van der Waals surface area contributed by atoms with Gasteiger partial charge in [0.15, 0.2) is 0 Å². The molecule has 1 saturated heterocycles. The van der Waals surface area contributed by atoms with Crippen LogP contribution in [0.2, 0.25) is 0 Å². The van der Waals surface area contributed by atoms with Gasteiger partial charge in [0.25, 0.3) is 0 Å². The largest absolute Gasteiger partial charge is 0.494 e. The molecule has 2 atom stereocenters. The molecule has 5 heteroatoms. The highest BCUT2D eigenvalue weighted by Gasteiger charge is 2.51. The fraction of sp³-hybridized carbons (Fsp3) is 0.300. The van der Waals surface area contributed by atoms with Gasteiger partial charge in [-0.25, -0.2) is 0 Å². The molecule has 3 aromatic rings. The average molecular weight is 368 g/mol. The molecule has 2 nitrogen and oxygen atoms in total. The predicted molar refractivity (Wildman–Crippen MR) is 116 cm³/mol. The summed E-state index contributed by atoms with van der Waals surface area (Å²) in [6.45, 7) is 8.35. The van der Waals surface area contributed by atoms with Crippen molar-refractivity contribution in [3.05, 3.63) is 42.5 Å². The van der Waals surface area contributed by atoms with E-state index in [1.165, 1.54) is 32.2 Å². The zero-order valence-electron chi connectivity index (χ0n) is 15.1. The first kappa shape index (κ1) is 17.4. The Morgan fingerprint density at radius 1 is 0.720 bits per heavy atom. The minimum Gasteiger partial charge on any atom is -0.399 e. The lowest BCUT2D eigenvalue weighted by molar-refractivity contribution is 0.00578. The van der Waals surface area contributed by atoms with E-state index in [0.717, 1.165) is 5.46 Å². The fourth-order valence-electron chi connectivity index (χ4n) is 3.39. The molecule has 0 bridgehead atoms. The first-order chi connectivity index (χ1) is 11.7. The highest BCUT2D eigenvalue weighted by atomic mass is 31.0. The maximum Gasteiger partial charge on any atom is 0.494 e. The van der Waals surface area contributed by atoms with Gasteiger partial charge in [0.2, 0.25) is 0 Å². The van der Waals surface area contributed by atoms with Gasteiger partial charge in [0.1, 0.15) is 0 Å². The van der Waals surface area contributed by atoms with Crippen molar-refractivity contribution in [3.63, 3.8) is 0 Å². The maximum atomic E-state index is 6.22. The Labute approximate surface area is 154 Å². The lowest BCUT2D eigenvalue weighted by atomic mass is 9.78. The van der Waals surface area contributed by atoms with Crippen molar-refractivity contribution in [2.45, 2.75) is 38.9 Å². The lowest BCUT2D eigenvalue weighted by Crippen LogP contribution is -2.41. The third-order valence-corrected chi connectivity index (χ3v) is 7.23. The van der Waals surface area contributed by atoms with Gasteiger partial charge in [-0.1, -0.05) is 42.5 Å². The molecule has 0 radical (unpaired) electrons. The van der Waals surface area contributed by atoms with Crippen LogP contribution in [0.3, 0.4) is 0 Å². The Hall–Kier alpha value is -0.975. The summed E-state index contributed by atoms with van der Waals surface area (Å²) in [5.74, 6) is 0. The number of benzene rings is 3. The monoisotopic (exact) mass is 368 g/mol. The Balaban J connectivity index is 1.90. The molecule has 0 saturated carbocycles. The van der Waals surface area contributed by atoms with E-state index in [2.05, 4.69) is 88.6 Å². The summed E-state index contributed by atoms with van der Waals surface area (Å²) in [6, 6.07) is 15.1. The number of fused-ring (bicyclic) bond motifs is 3. The Morgan fingerprint density at radius 3 is 1.88 bits per heavy atom. The van der Waals surface area contributed by atoms with Crippen LogP contribution in [0, 0.1) is 0 Å². The summed E-state index contributed by atoms with van der Waals surface area (Å²) in [6.07, 6.45) is 0. The Kier molecular flexibility index (Phi) is 4.02. The second-order valence-corrected chi connectivity index (χ2v) is 8.92. The van der Waals surface area contributed by atoms with Crippen molar-refractivity contribution < 1.29 is 9.31 Å². The second kappa shape index (κ2) is 5.76. The summed E-state index contributed by atoms with van der Waals surface area (Å²) in [5.41, 5.74) is 0.409. The van der Waals surface area contributed by atoms with Gasteiger partial charge in [-0.2, -0.15) is 0 Å². The van der Waals surface area contributed by atoms with E-state index in [1.807, 2.05) is 0 Å². The van der Waals surface area contributed by atoms with Crippen molar-refractivity contribution in [3.8, 4) is 0 Å². The molecular formula is C20H23BO2P2. The van der Waals surface area contributed by atoms with Crippen LogP contribution in [0.15, 0.2) is 42.5 Å². The molecule has 1 heterocycles. The number of hydrogen-bond acceptors (Lipinski definition) is 2. The third kappa shape index (κ3) is 2.65. The maximum absolute atomic E-state index is 6.22. The molecule has 0 spiro atoms. The van der Waals surface area contributed by atoms with Crippen LogP contribution in [0.25, 0.3) is 21.5 Å². The standard InChI is InChI=1S/C20H23BO2P2/c1-19(2)20(3,4)23-21(22-19)12-9-10-14-13-7-5-6-8-15(13)17(24)18(25)16(14)11-12/h5-11H,24-25H2,1-4H3. The van der Waals surface area contributed by atoms with Crippen LogP contribution in [-0.2, 0) is 9.31 Å². The molecular weight excluding hydrogens is 345 g/mol. The molecule has 2 unspecified atom stereocenters. The van der Waals surface area contributed by atoms with Crippen molar-refractivity contribution in [2.24, 2.45) is 0 Å². The Morgan fingerprint density at radius 2 is 1.24 bits per heavy atom. The summed E-state index contributed by atoms with van der Waals surface area (Å²) in [7, 11) is 5.45. The molecule has 4 rings (SSSR count). The molecule has 1 aliphatic heterocycles. The van der Waals surface area contributed by atoms with Gasteiger partial charge < -0.3 is 9.31 Å². The number of rotatable bonds is 1. The zero-order valence-corrected chi connectivity index (χ0v) is 17.4. The van der Waals surface area contributed by atoms with E-state index in [0.29, 0.717) is 0 Å². The first-order valence-corrected chi connectivity index (χ1v) is 9.72. The van der Waals surface area contributed by atoms with Gasteiger partial charge >= 0.3 is 7.12 Å². The highest BCUT2D eigenvalue weighted by molar-refractivity contribution is 7.37. The van der Waals surface area contributed by atoms with Gasteiger partial charge in [0, 0.05) is 0 Å². The van der Waals surface area contributed by atoms with Gasteiger partial charge in [-0.05, 0) is 65.3 Å². The van der Waals surface area contributed by atoms with Crippen molar-refractivity contribution >= 4 is 63.2 Å². The third-order valence-electron chi connectivity index (χ3n) is 5.66. The van der Waals surface area contributed by atoms with Crippen LogP contribution in [0.4, 0.5) is 0 Å². The molecule has 0 amide bonds. The van der Waals surface area contributed by atoms with E-state index in [-0.39, 0.29) is 18.3 Å². The van der Waals surface area contributed by atoms with Gasteiger partial charge in [-0.15, -0.1) is 18.5 Å². The predicted octanol–water partition coefficient (Wildman–Crippen LogP) is 3.29. The molecule has 25 heavy (non-hydrogen) atoms. The summed E-state index contributed by atoms with van der Waals surface area (Å²) < 4.78 is 12.4. The van der Waals surface area contributed by atoms with Crippen LogP contribution in [-0.4, -0.2) is 18.3 Å². The minimum atomic E-state index is -0.335. The van der Waals surface area contributed by atoms with E-state index in [1.54, 1.807) is 0 Å². The Bertz CT molecular complexity index is 982. The van der Waals surface area contributed by atoms with E-state index >= 15 is 0 Å². The normalized spacial score (nSPS) is 19.0. The van der Waals surface area contributed by atoms with Crippen LogP contribution in [0.1, 0.15) is 27.7 Å². The first-order valence-electron chi connectivity index (χ1n) is 8.56. The van der Waals surface area contributed by atoms with Crippen molar-refractivity contribution in [1.82, 2.24) is 0 Å². The molecule has 1 aliphatic rings. The summed E-state index contributed by atoms with van der Waals surface area (Å²) >= 11 is 0. The van der Waals surface area contributed by atoms with Crippen molar-refractivity contribution in [1.29, 1.82) is 0 Å². The molecule has 0 N–H and O–H groups in total. The SMILES string of the molecule is CC1(C)OB(c2ccc3c(c2)c(P)c(P)c2ccccc23)OC1(C)C. The van der Waals surface area contributed by atoms with Crippen LogP contribution < -0.4 is 16.1 Å². The minimum absolute atomic E-state index is 0.328. The quantitative estimate of drug-likeness (QED) is 0.373. The molecule has 128 valence electrons. The van der Waals surface area contributed by atoms with Crippen molar-refractivity contribution in [2.75, 3.05) is 0 Å². The fourth-order valence-corrected chi connectivity index (χ4v) is 4.19. The topological polar surface area (TPSA) is 18.5 Å². The van der Waals surface area contributed by atoms with E-state index < -0.39 is 0 Å². The molecule has 0 aliphatic carbocycles.